The second-order valence-corrected chi connectivity index (χ2v) is 6.80. The Morgan fingerprint density at radius 2 is 1.75 bits per heavy atom. The van der Waals surface area contributed by atoms with Crippen molar-refractivity contribution in [3.8, 4) is 5.75 Å². The van der Waals surface area contributed by atoms with Crippen LogP contribution in [0.5, 0.6) is 5.75 Å². The van der Waals surface area contributed by atoms with Crippen molar-refractivity contribution in [1.82, 2.24) is 9.80 Å². The molecule has 146 valence electrons. The maximum absolute atomic E-state index is 14.0. The van der Waals surface area contributed by atoms with Gasteiger partial charge in [0.25, 0.3) is 5.91 Å². The Labute approximate surface area is 163 Å². The molecule has 0 aromatic heterocycles. The highest BCUT2D eigenvalue weighted by atomic mass is 19.1. The smallest absolute Gasteiger partial charge is 0.260 e. The lowest BCUT2D eigenvalue weighted by molar-refractivity contribution is 0.0842. The Kier molecular flexibility index (Phi) is 5.14. The lowest BCUT2D eigenvalue weighted by Crippen LogP contribution is -2.53. The van der Waals surface area contributed by atoms with E-state index in [-0.39, 0.29) is 11.7 Å². The zero-order valence-electron chi connectivity index (χ0n) is 15.8. The number of hydrogen-bond donors (Lipinski definition) is 0. The highest BCUT2D eigenvalue weighted by molar-refractivity contribution is 6.06. The Balaban J connectivity index is 1.44. The number of carbonyl (C=O) groups is 1. The molecule has 2 aromatic carbocycles. The second-order valence-electron chi connectivity index (χ2n) is 6.80. The molecule has 7 heteroatoms. The molecule has 0 radical (unpaired) electrons. The Hall–Kier alpha value is -3.09. The number of piperazine rings is 1. The zero-order chi connectivity index (χ0) is 19.5. The molecule has 0 atom stereocenters. The highest BCUT2D eigenvalue weighted by Gasteiger charge is 2.31. The molecule has 0 saturated carbocycles. The van der Waals surface area contributed by atoms with Crippen LogP contribution in [0.1, 0.15) is 10.4 Å². The van der Waals surface area contributed by atoms with Gasteiger partial charge in [-0.15, -0.1) is 0 Å². The van der Waals surface area contributed by atoms with Crippen molar-refractivity contribution in [3.05, 3.63) is 59.9 Å². The third-order valence-electron chi connectivity index (χ3n) is 5.14. The van der Waals surface area contributed by atoms with E-state index in [4.69, 9.17) is 4.74 Å². The number of anilines is 1. The Bertz CT molecular complexity index is 893. The molecule has 1 saturated heterocycles. The number of amides is 1. The minimum Gasteiger partial charge on any atom is -0.497 e. The molecule has 2 aliphatic heterocycles. The van der Waals surface area contributed by atoms with Crippen LogP contribution in [0.4, 0.5) is 10.1 Å². The molecule has 2 heterocycles. The molecule has 1 amide bonds. The molecule has 6 nitrogen and oxygen atoms in total. The van der Waals surface area contributed by atoms with E-state index in [2.05, 4.69) is 9.89 Å². The monoisotopic (exact) mass is 382 g/mol. The Morgan fingerprint density at radius 1 is 1.00 bits per heavy atom. The van der Waals surface area contributed by atoms with Crippen LogP contribution in [-0.4, -0.2) is 68.0 Å². The molecule has 0 spiro atoms. The first kappa shape index (κ1) is 18.3. The predicted molar refractivity (Wildman–Crippen MR) is 107 cm³/mol. The number of ether oxygens (including phenoxy) is 1. The van der Waals surface area contributed by atoms with Gasteiger partial charge in [0.1, 0.15) is 11.6 Å². The van der Waals surface area contributed by atoms with E-state index in [1.807, 2.05) is 23.1 Å². The number of para-hydroxylation sites is 1. The van der Waals surface area contributed by atoms with Crippen LogP contribution in [0.15, 0.2) is 53.5 Å². The van der Waals surface area contributed by atoms with E-state index in [9.17, 15) is 9.18 Å². The first-order valence-corrected chi connectivity index (χ1v) is 9.42. The number of aliphatic imine (C=N–C) groups is 1. The van der Waals surface area contributed by atoms with Crippen molar-refractivity contribution in [2.24, 2.45) is 4.99 Å². The maximum Gasteiger partial charge on any atom is 0.260 e. The van der Waals surface area contributed by atoms with Crippen molar-refractivity contribution in [2.45, 2.75) is 0 Å². The van der Waals surface area contributed by atoms with Gasteiger partial charge in [0, 0.05) is 38.3 Å². The molecule has 4 rings (SSSR count). The van der Waals surface area contributed by atoms with Gasteiger partial charge in [0.05, 0.1) is 19.3 Å². The molecule has 0 aliphatic carbocycles. The molecule has 2 aromatic rings. The number of benzene rings is 2. The van der Waals surface area contributed by atoms with Gasteiger partial charge < -0.3 is 14.5 Å². The van der Waals surface area contributed by atoms with Crippen LogP contribution in [0.25, 0.3) is 0 Å². The molecular formula is C21H23FN4O2. The van der Waals surface area contributed by atoms with E-state index in [1.165, 1.54) is 6.07 Å². The summed E-state index contributed by atoms with van der Waals surface area (Å²) in [6.07, 6.45) is 0. The number of guanidine groups is 1. The summed E-state index contributed by atoms with van der Waals surface area (Å²) in [4.78, 5) is 23.5. The van der Waals surface area contributed by atoms with Gasteiger partial charge in [0.2, 0.25) is 5.96 Å². The van der Waals surface area contributed by atoms with Gasteiger partial charge in [-0.05, 0) is 30.3 Å². The average molecular weight is 382 g/mol. The van der Waals surface area contributed by atoms with Crippen molar-refractivity contribution < 1.29 is 13.9 Å². The molecule has 2 aliphatic rings. The molecular weight excluding hydrogens is 359 g/mol. The number of carbonyl (C=O) groups excluding carboxylic acids is 1. The molecule has 1 fully saturated rings. The van der Waals surface area contributed by atoms with Crippen LogP contribution >= 0.6 is 0 Å². The maximum atomic E-state index is 14.0. The lowest BCUT2D eigenvalue weighted by Gasteiger charge is -2.38. The summed E-state index contributed by atoms with van der Waals surface area (Å²) in [6, 6.07) is 14.0. The quantitative estimate of drug-likeness (QED) is 0.818. The zero-order valence-corrected chi connectivity index (χ0v) is 15.8. The van der Waals surface area contributed by atoms with Crippen LogP contribution in [0.3, 0.4) is 0 Å². The second kappa shape index (κ2) is 7.88. The first-order valence-electron chi connectivity index (χ1n) is 9.42. The summed E-state index contributed by atoms with van der Waals surface area (Å²) in [6.45, 7) is 3.91. The Morgan fingerprint density at radius 3 is 2.50 bits per heavy atom. The average Bonchev–Trinajstić information content (AvgIpc) is 3.23. The van der Waals surface area contributed by atoms with Gasteiger partial charge in [-0.2, -0.15) is 0 Å². The number of halogens is 1. The SMILES string of the molecule is COc1cccc(C(=O)N2CCN=C2N2CCN(c3ccccc3F)CC2)c1. The number of nitrogens with zero attached hydrogens (tertiary/aromatic N) is 4. The lowest BCUT2D eigenvalue weighted by atomic mass is 10.2. The minimum absolute atomic E-state index is 0.0771. The number of rotatable bonds is 3. The van der Waals surface area contributed by atoms with E-state index in [0.29, 0.717) is 62.2 Å². The summed E-state index contributed by atoms with van der Waals surface area (Å²) in [5, 5.41) is 0. The summed E-state index contributed by atoms with van der Waals surface area (Å²) < 4.78 is 19.3. The molecule has 0 bridgehead atoms. The summed E-state index contributed by atoms with van der Waals surface area (Å²) in [5.41, 5.74) is 1.21. The number of hydrogen-bond acceptors (Lipinski definition) is 5. The number of methoxy groups -OCH3 is 1. The fraction of sp³-hybridized carbons (Fsp3) is 0.333. The third-order valence-corrected chi connectivity index (χ3v) is 5.14. The fourth-order valence-electron chi connectivity index (χ4n) is 3.67. The van der Waals surface area contributed by atoms with Gasteiger partial charge in [-0.25, -0.2) is 4.39 Å². The van der Waals surface area contributed by atoms with E-state index < -0.39 is 0 Å². The summed E-state index contributed by atoms with van der Waals surface area (Å²) in [7, 11) is 1.58. The van der Waals surface area contributed by atoms with Crippen LogP contribution in [0.2, 0.25) is 0 Å². The van der Waals surface area contributed by atoms with Crippen molar-refractivity contribution in [1.29, 1.82) is 0 Å². The van der Waals surface area contributed by atoms with E-state index >= 15 is 0 Å². The van der Waals surface area contributed by atoms with Gasteiger partial charge >= 0.3 is 0 Å². The third kappa shape index (κ3) is 3.52. The standard InChI is InChI=1S/C21H23FN4O2/c1-28-17-6-4-5-16(15-17)20(27)26-10-9-23-21(26)25-13-11-24(12-14-25)19-8-3-2-7-18(19)22/h2-8,15H,9-14H2,1H3. The largest absolute Gasteiger partial charge is 0.497 e. The van der Waals surface area contributed by atoms with Crippen molar-refractivity contribution in [3.63, 3.8) is 0 Å². The van der Waals surface area contributed by atoms with Gasteiger partial charge in [0.15, 0.2) is 0 Å². The predicted octanol–water partition coefficient (Wildman–Crippen LogP) is 2.47. The molecule has 0 N–H and O–H groups in total. The summed E-state index contributed by atoms with van der Waals surface area (Å²) in [5.74, 6) is 1.08. The highest BCUT2D eigenvalue weighted by Crippen LogP contribution is 2.22. The topological polar surface area (TPSA) is 48.4 Å². The minimum atomic E-state index is -0.205. The van der Waals surface area contributed by atoms with Gasteiger partial charge in [-0.1, -0.05) is 18.2 Å². The normalized spacial score (nSPS) is 16.9. The fourth-order valence-corrected chi connectivity index (χ4v) is 3.67. The molecule has 0 unspecified atom stereocenters. The van der Waals surface area contributed by atoms with Crippen LogP contribution in [-0.2, 0) is 0 Å². The van der Waals surface area contributed by atoms with Crippen LogP contribution < -0.4 is 9.64 Å². The van der Waals surface area contributed by atoms with Crippen LogP contribution in [0, 0.1) is 5.82 Å². The first-order chi connectivity index (χ1) is 13.7. The van der Waals surface area contributed by atoms with Gasteiger partial charge in [-0.3, -0.25) is 14.7 Å². The van der Waals surface area contributed by atoms with E-state index in [0.717, 1.165) is 0 Å². The van der Waals surface area contributed by atoms with E-state index in [1.54, 1.807) is 36.3 Å². The molecule has 28 heavy (non-hydrogen) atoms. The van der Waals surface area contributed by atoms with Crippen molar-refractivity contribution in [2.75, 3.05) is 51.3 Å². The summed E-state index contributed by atoms with van der Waals surface area (Å²) >= 11 is 0. The van der Waals surface area contributed by atoms with Crippen molar-refractivity contribution >= 4 is 17.6 Å².